The molecule has 0 bridgehead atoms. The van der Waals surface area contributed by atoms with Gasteiger partial charge < -0.3 is 9.13 Å². The number of fused-ring (bicyclic) bond motifs is 1. The number of rotatable bonds is 6. The second-order valence-electron chi connectivity index (χ2n) is 11.3. The molecule has 0 saturated heterocycles. The van der Waals surface area contributed by atoms with Crippen molar-refractivity contribution in [1.29, 1.82) is 0 Å². The van der Waals surface area contributed by atoms with E-state index in [2.05, 4.69) is 120 Å². The summed E-state index contributed by atoms with van der Waals surface area (Å²) in [5.41, 5.74) is 11.6. The molecule has 6 heteroatoms. The fraction of sp³-hybridized carbons (Fsp3) is 0.0513. The first-order chi connectivity index (χ1) is 22.1. The summed E-state index contributed by atoms with van der Waals surface area (Å²) in [6, 6.07) is 41.8. The third-order valence-electron chi connectivity index (χ3n) is 8.12. The zero-order chi connectivity index (χ0) is 30.3. The van der Waals surface area contributed by atoms with E-state index in [1.807, 2.05) is 53.8 Å². The summed E-state index contributed by atoms with van der Waals surface area (Å²) in [5, 5.41) is 0. The molecule has 4 aromatic heterocycles. The van der Waals surface area contributed by atoms with E-state index >= 15 is 0 Å². The van der Waals surface area contributed by atoms with Crippen LogP contribution in [0.25, 0.3) is 73.1 Å². The lowest BCUT2D eigenvalue weighted by Gasteiger charge is -2.14. The highest BCUT2D eigenvalue weighted by Crippen LogP contribution is 2.39. The Bertz CT molecular complexity index is 2280. The van der Waals surface area contributed by atoms with Crippen LogP contribution < -0.4 is 0 Å². The summed E-state index contributed by atoms with van der Waals surface area (Å²) in [5.74, 6) is 0.844. The van der Waals surface area contributed by atoms with E-state index in [4.69, 9.17) is 15.0 Å². The number of aryl methyl sites for hydroxylation is 2. The normalized spacial score (nSPS) is 11.3. The van der Waals surface area contributed by atoms with Crippen molar-refractivity contribution >= 4 is 11.0 Å². The fourth-order valence-corrected chi connectivity index (χ4v) is 5.98. The van der Waals surface area contributed by atoms with Gasteiger partial charge in [0.2, 0.25) is 0 Å². The van der Waals surface area contributed by atoms with Gasteiger partial charge in [0.15, 0.2) is 0 Å². The van der Waals surface area contributed by atoms with Crippen molar-refractivity contribution in [2.24, 2.45) is 14.1 Å². The first kappa shape index (κ1) is 26.6. The molecule has 216 valence electrons. The molecule has 8 aromatic rings. The van der Waals surface area contributed by atoms with Gasteiger partial charge in [0.1, 0.15) is 5.82 Å². The van der Waals surface area contributed by atoms with Gasteiger partial charge in [-0.1, -0.05) is 78.9 Å². The SMILES string of the molecule is Cn1ccc(-c2nc3ccc(-c4nc(-c5ccccc5)c(-c5ccccc5)n4-c4ccccc4)cc3nc2-c2ccn(C)c2)c1. The molecule has 0 saturated carbocycles. The smallest absolute Gasteiger partial charge is 0.145 e. The zero-order valence-electron chi connectivity index (χ0n) is 25.0. The van der Waals surface area contributed by atoms with E-state index in [1.54, 1.807) is 0 Å². The summed E-state index contributed by atoms with van der Waals surface area (Å²) in [4.78, 5) is 15.8. The zero-order valence-corrected chi connectivity index (χ0v) is 25.0. The van der Waals surface area contributed by atoms with Gasteiger partial charge >= 0.3 is 0 Å². The van der Waals surface area contributed by atoms with Gasteiger partial charge in [0.25, 0.3) is 0 Å². The minimum atomic E-state index is 0.816. The van der Waals surface area contributed by atoms with Gasteiger partial charge in [0.05, 0.1) is 33.8 Å². The minimum Gasteiger partial charge on any atom is -0.357 e. The first-order valence-electron chi connectivity index (χ1n) is 15.0. The molecule has 0 amide bonds. The molecule has 45 heavy (non-hydrogen) atoms. The molecule has 0 aliphatic carbocycles. The monoisotopic (exact) mass is 582 g/mol. The largest absolute Gasteiger partial charge is 0.357 e. The van der Waals surface area contributed by atoms with Crippen LogP contribution in [0.3, 0.4) is 0 Å². The number of hydrogen-bond donors (Lipinski definition) is 0. The first-order valence-corrected chi connectivity index (χ1v) is 15.0. The molecular formula is C39H30N6. The molecule has 0 atom stereocenters. The quantitative estimate of drug-likeness (QED) is 0.197. The van der Waals surface area contributed by atoms with E-state index in [1.165, 1.54) is 0 Å². The molecule has 0 unspecified atom stereocenters. The Morgan fingerprint density at radius 3 is 1.58 bits per heavy atom. The van der Waals surface area contributed by atoms with Crippen LogP contribution in [0.4, 0.5) is 0 Å². The third-order valence-corrected chi connectivity index (χ3v) is 8.12. The van der Waals surface area contributed by atoms with Gasteiger partial charge in [-0.25, -0.2) is 15.0 Å². The standard InChI is InChI=1S/C39H30N6/c1-43-22-20-30(25-43)35-36(31-21-23-44(2)26-31)41-34-24-29(18-19-33(34)40-35)39-42-37(27-12-6-3-7-13-27)38(28-14-8-4-9-15-28)45(39)32-16-10-5-11-17-32/h3-26H,1-2H3. The average Bonchev–Trinajstić information content (AvgIpc) is 3.83. The Balaban J connectivity index is 1.39. The highest BCUT2D eigenvalue weighted by molar-refractivity contribution is 5.90. The molecule has 4 heterocycles. The second kappa shape index (κ2) is 10.9. The number of nitrogens with zero attached hydrogens (tertiary/aromatic N) is 6. The molecule has 8 rings (SSSR count). The molecule has 6 nitrogen and oxygen atoms in total. The van der Waals surface area contributed by atoms with E-state index in [0.29, 0.717) is 0 Å². The molecule has 4 aromatic carbocycles. The van der Waals surface area contributed by atoms with Crippen LogP contribution in [-0.2, 0) is 14.1 Å². The van der Waals surface area contributed by atoms with E-state index in [-0.39, 0.29) is 0 Å². The maximum absolute atomic E-state index is 5.37. The topological polar surface area (TPSA) is 53.5 Å². The predicted molar refractivity (Wildman–Crippen MR) is 182 cm³/mol. The molecule has 0 spiro atoms. The molecule has 0 N–H and O–H groups in total. The Hall–Kier alpha value is -6.01. The lowest BCUT2D eigenvalue weighted by Crippen LogP contribution is -2.01. The highest BCUT2D eigenvalue weighted by Gasteiger charge is 2.23. The van der Waals surface area contributed by atoms with Gasteiger partial charge in [-0.05, 0) is 42.5 Å². The summed E-state index contributed by atoms with van der Waals surface area (Å²) in [6.07, 6.45) is 8.26. The van der Waals surface area contributed by atoms with Crippen molar-refractivity contribution in [1.82, 2.24) is 28.7 Å². The molecular weight excluding hydrogens is 552 g/mol. The third kappa shape index (κ3) is 4.82. The van der Waals surface area contributed by atoms with Crippen LogP contribution in [0, 0.1) is 0 Å². The Labute approximate surface area is 261 Å². The number of para-hydroxylation sites is 1. The number of aromatic nitrogens is 6. The van der Waals surface area contributed by atoms with Gasteiger partial charge in [-0.3, -0.25) is 4.57 Å². The summed E-state index contributed by atoms with van der Waals surface area (Å²) < 4.78 is 6.35. The van der Waals surface area contributed by atoms with Gasteiger partial charge in [-0.2, -0.15) is 0 Å². The van der Waals surface area contributed by atoms with Crippen molar-refractivity contribution in [2.45, 2.75) is 0 Å². The van der Waals surface area contributed by atoms with Gasteiger partial charge in [0, 0.05) is 72.4 Å². The highest BCUT2D eigenvalue weighted by atomic mass is 15.1. The summed E-state index contributed by atoms with van der Waals surface area (Å²) >= 11 is 0. The number of benzene rings is 4. The van der Waals surface area contributed by atoms with Crippen molar-refractivity contribution in [2.75, 3.05) is 0 Å². The summed E-state index contributed by atoms with van der Waals surface area (Å²) in [7, 11) is 4.05. The van der Waals surface area contributed by atoms with Crippen molar-refractivity contribution in [3.05, 3.63) is 146 Å². The Morgan fingerprint density at radius 2 is 1.00 bits per heavy atom. The number of imidazole rings is 1. The predicted octanol–water partition coefficient (Wildman–Crippen LogP) is 8.83. The second-order valence-corrected chi connectivity index (χ2v) is 11.3. The minimum absolute atomic E-state index is 0.816. The maximum atomic E-state index is 5.37. The van der Waals surface area contributed by atoms with E-state index in [0.717, 1.165) is 73.1 Å². The molecule has 0 radical (unpaired) electrons. The molecule has 0 aliphatic rings. The molecule has 0 aliphatic heterocycles. The van der Waals surface area contributed by atoms with Crippen molar-refractivity contribution < 1.29 is 0 Å². The van der Waals surface area contributed by atoms with Crippen LogP contribution in [0.2, 0.25) is 0 Å². The molecule has 0 fully saturated rings. The van der Waals surface area contributed by atoms with E-state index in [9.17, 15) is 0 Å². The van der Waals surface area contributed by atoms with Crippen LogP contribution >= 0.6 is 0 Å². The fourth-order valence-electron chi connectivity index (χ4n) is 5.98. The average molecular weight is 583 g/mol. The summed E-state index contributed by atoms with van der Waals surface area (Å²) in [6.45, 7) is 0. The van der Waals surface area contributed by atoms with Crippen LogP contribution in [0.5, 0.6) is 0 Å². The number of hydrogen-bond acceptors (Lipinski definition) is 3. The maximum Gasteiger partial charge on any atom is 0.145 e. The lowest BCUT2D eigenvalue weighted by molar-refractivity contribution is 0.927. The van der Waals surface area contributed by atoms with Crippen molar-refractivity contribution in [3.63, 3.8) is 0 Å². The van der Waals surface area contributed by atoms with Crippen molar-refractivity contribution in [3.8, 4) is 62.1 Å². The van der Waals surface area contributed by atoms with Crippen LogP contribution in [0.1, 0.15) is 0 Å². The lowest BCUT2D eigenvalue weighted by atomic mass is 10.0. The Morgan fingerprint density at radius 1 is 0.444 bits per heavy atom. The van der Waals surface area contributed by atoms with Gasteiger partial charge in [-0.15, -0.1) is 0 Å². The van der Waals surface area contributed by atoms with Crippen LogP contribution in [0.15, 0.2) is 146 Å². The Kier molecular flexibility index (Phi) is 6.46. The van der Waals surface area contributed by atoms with Crippen LogP contribution in [-0.4, -0.2) is 28.7 Å². The van der Waals surface area contributed by atoms with E-state index < -0.39 is 0 Å².